The smallest absolute Gasteiger partial charge is 0.198 e. The SMILES string of the molecule is Bc1c(F)c(C)c(F)c2c(F)c(F)c(F)c(F)c12. The first kappa shape index (κ1) is 12.8. The highest BCUT2D eigenvalue weighted by Crippen LogP contribution is 2.29. The van der Waals surface area contributed by atoms with E-state index < -0.39 is 56.7 Å². The maximum atomic E-state index is 13.7. The first-order valence-corrected chi connectivity index (χ1v) is 4.88. The van der Waals surface area contributed by atoms with E-state index in [4.69, 9.17) is 0 Å². The second-order valence-corrected chi connectivity index (χ2v) is 3.88. The van der Waals surface area contributed by atoms with E-state index in [-0.39, 0.29) is 0 Å². The van der Waals surface area contributed by atoms with Crippen LogP contribution in [0.4, 0.5) is 26.3 Å². The van der Waals surface area contributed by atoms with Crippen LogP contribution in [0, 0.1) is 41.8 Å². The lowest BCUT2D eigenvalue weighted by molar-refractivity contribution is 0.416. The quantitative estimate of drug-likeness (QED) is 0.295. The van der Waals surface area contributed by atoms with Crippen molar-refractivity contribution in [3.63, 3.8) is 0 Å². The van der Waals surface area contributed by atoms with Gasteiger partial charge in [-0.15, -0.1) is 0 Å². The van der Waals surface area contributed by atoms with Crippen LogP contribution in [-0.2, 0) is 0 Å². The summed E-state index contributed by atoms with van der Waals surface area (Å²) in [5, 5.41) is -2.00. The van der Waals surface area contributed by atoms with Crippen molar-refractivity contribution in [2.75, 3.05) is 0 Å². The highest BCUT2D eigenvalue weighted by atomic mass is 19.2. The van der Waals surface area contributed by atoms with Crippen LogP contribution in [-0.4, -0.2) is 7.85 Å². The summed E-state index contributed by atoms with van der Waals surface area (Å²) in [6.07, 6.45) is 0. The number of rotatable bonds is 0. The molecule has 0 heterocycles. The Morgan fingerprint density at radius 1 is 0.611 bits per heavy atom. The Kier molecular flexibility index (Phi) is 2.79. The van der Waals surface area contributed by atoms with E-state index >= 15 is 0 Å². The van der Waals surface area contributed by atoms with Gasteiger partial charge in [-0.25, -0.2) is 26.3 Å². The number of hydrogen-bond acceptors (Lipinski definition) is 0. The van der Waals surface area contributed by atoms with Crippen molar-refractivity contribution in [2.45, 2.75) is 6.92 Å². The summed E-state index contributed by atoms with van der Waals surface area (Å²) in [5.41, 5.74) is -1.05. The minimum atomic E-state index is -2.12. The molecule has 0 unspecified atom stereocenters. The van der Waals surface area contributed by atoms with Gasteiger partial charge >= 0.3 is 0 Å². The van der Waals surface area contributed by atoms with E-state index in [2.05, 4.69) is 0 Å². The van der Waals surface area contributed by atoms with Crippen molar-refractivity contribution in [1.29, 1.82) is 0 Å². The normalized spacial score (nSPS) is 11.3. The van der Waals surface area contributed by atoms with Crippen LogP contribution in [0.2, 0.25) is 0 Å². The van der Waals surface area contributed by atoms with Gasteiger partial charge in [-0.05, 0) is 12.4 Å². The molecule has 7 heteroatoms. The first-order valence-electron chi connectivity index (χ1n) is 4.88. The molecular formula is C11H5BF6. The van der Waals surface area contributed by atoms with E-state index in [9.17, 15) is 26.3 Å². The molecule has 0 nitrogen and oxygen atoms in total. The molecule has 2 aromatic carbocycles. The topological polar surface area (TPSA) is 0 Å². The number of halogens is 6. The van der Waals surface area contributed by atoms with Crippen LogP contribution in [0.15, 0.2) is 0 Å². The summed E-state index contributed by atoms with van der Waals surface area (Å²) in [6.45, 7) is 0.996. The molecule has 0 N–H and O–H groups in total. The van der Waals surface area contributed by atoms with Gasteiger partial charge in [0.2, 0.25) is 0 Å². The van der Waals surface area contributed by atoms with Crippen molar-refractivity contribution < 1.29 is 26.3 Å². The van der Waals surface area contributed by atoms with Crippen molar-refractivity contribution in [3.8, 4) is 0 Å². The predicted octanol–water partition coefficient (Wildman–Crippen LogP) is 2.24. The van der Waals surface area contributed by atoms with E-state index in [1.807, 2.05) is 0 Å². The Morgan fingerprint density at radius 3 is 1.56 bits per heavy atom. The Balaban J connectivity index is 3.22. The van der Waals surface area contributed by atoms with Gasteiger partial charge in [0.05, 0.1) is 5.39 Å². The summed E-state index contributed by atoms with van der Waals surface area (Å²) < 4.78 is 80.1. The molecule has 0 bridgehead atoms. The molecule has 2 rings (SSSR count). The van der Waals surface area contributed by atoms with Crippen LogP contribution in [0.1, 0.15) is 5.56 Å². The van der Waals surface area contributed by atoms with Gasteiger partial charge in [0.25, 0.3) is 0 Å². The molecule has 0 aliphatic carbocycles. The molecule has 18 heavy (non-hydrogen) atoms. The Labute approximate surface area is 98.6 Å². The lowest BCUT2D eigenvalue weighted by Crippen LogP contribution is -2.18. The fourth-order valence-corrected chi connectivity index (χ4v) is 1.86. The van der Waals surface area contributed by atoms with Gasteiger partial charge in [0.1, 0.15) is 19.5 Å². The summed E-state index contributed by atoms with van der Waals surface area (Å²) in [6, 6.07) is 0. The second kappa shape index (κ2) is 3.93. The van der Waals surface area contributed by atoms with Crippen molar-refractivity contribution in [3.05, 3.63) is 40.5 Å². The first-order chi connectivity index (χ1) is 8.29. The third-order valence-electron chi connectivity index (χ3n) is 2.85. The van der Waals surface area contributed by atoms with Crippen LogP contribution in [0.25, 0.3) is 10.8 Å². The minimum absolute atomic E-state index is 0.473. The van der Waals surface area contributed by atoms with Gasteiger partial charge in [-0.2, -0.15) is 0 Å². The summed E-state index contributed by atoms with van der Waals surface area (Å²) in [5.74, 6) is -10.4. The molecule has 0 atom stereocenters. The fourth-order valence-electron chi connectivity index (χ4n) is 1.86. The van der Waals surface area contributed by atoms with Gasteiger partial charge in [0, 0.05) is 10.9 Å². The molecule has 0 saturated heterocycles. The summed E-state index contributed by atoms with van der Waals surface area (Å²) in [7, 11) is 1.03. The zero-order valence-corrected chi connectivity index (χ0v) is 9.27. The van der Waals surface area contributed by atoms with E-state index in [1.54, 1.807) is 0 Å². The third kappa shape index (κ3) is 1.42. The fraction of sp³-hybridized carbons (Fsp3) is 0.0909. The Bertz CT molecular complexity index is 567. The van der Waals surface area contributed by atoms with E-state index in [0.29, 0.717) is 0 Å². The zero-order chi connectivity index (χ0) is 13.8. The molecule has 0 fully saturated rings. The van der Waals surface area contributed by atoms with Gasteiger partial charge in [0.15, 0.2) is 23.3 Å². The highest BCUT2D eigenvalue weighted by molar-refractivity contribution is 6.39. The van der Waals surface area contributed by atoms with Gasteiger partial charge in [-0.1, -0.05) is 0 Å². The van der Waals surface area contributed by atoms with E-state index in [1.165, 1.54) is 0 Å². The molecule has 0 aliphatic rings. The van der Waals surface area contributed by atoms with Crippen LogP contribution in [0.5, 0.6) is 0 Å². The van der Waals surface area contributed by atoms with Gasteiger partial charge in [-0.3, -0.25) is 0 Å². The second-order valence-electron chi connectivity index (χ2n) is 3.88. The van der Waals surface area contributed by atoms with E-state index in [0.717, 1.165) is 14.8 Å². The number of hydrogen-bond donors (Lipinski definition) is 0. The molecule has 2 aromatic rings. The maximum Gasteiger partial charge on any atom is 0.198 e. The minimum Gasteiger partial charge on any atom is -0.207 e. The van der Waals surface area contributed by atoms with Crippen molar-refractivity contribution >= 4 is 24.1 Å². The highest BCUT2D eigenvalue weighted by Gasteiger charge is 2.26. The van der Waals surface area contributed by atoms with Crippen LogP contribution in [0.3, 0.4) is 0 Å². The summed E-state index contributed by atoms with van der Waals surface area (Å²) in [4.78, 5) is 0. The molecule has 0 aromatic heterocycles. The zero-order valence-electron chi connectivity index (χ0n) is 9.27. The van der Waals surface area contributed by atoms with Gasteiger partial charge < -0.3 is 0 Å². The molecule has 0 spiro atoms. The van der Waals surface area contributed by atoms with Crippen molar-refractivity contribution in [1.82, 2.24) is 0 Å². The predicted molar refractivity (Wildman–Crippen MR) is 56.6 cm³/mol. The largest absolute Gasteiger partial charge is 0.207 e. The van der Waals surface area contributed by atoms with Crippen LogP contribution >= 0.6 is 0 Å². The number of benzene rings is 2. The molecule has 94 valence electrons. The van der Waals surface area contributed by atoms with Crippen LogP contribution < -0.4 is 5.46 Å². The molecular weight excluding hydrogens is 257 g/mol. The van der Waals surface area contributed by atoms with Crippen molar-refractivity contribution in [2.24, 2.45) is 0 Å². The molecule has 0 amide bonds. The molecule has 0 radical (unpaired) electrons. The maximum absolute atomic E-state index is 13.7. The third-order valence-corrected chi connectivity index (χ3v) is 2.85. The monoisotopic (exact) mass is 262 g/mol. The lowest BCUT2D eigenvalue weighted by atomic mass is 9.86. The Hall–Kier alpha value is -1.66. The lowest BCUT2D eigenvalue weighted by Gasteiger charge is -2.12. The summed E-state index contributed by atoms with van der Waals surface area (Å²) >= 11 is 0. The molecule has 0 saturated carbocycles. The average Bonchev–Trinajstić information content (AvgIpc) is 2.35. The standard InChI is InChI=1S/C11H5BF6/c1-2-6(13)4-3(5(12)7(2)14)8(15)10(17)11(18)9(4)16/h12H2,1H3. The Morgan fingerprint density at radius 2 is 1.06 bits per heavy atom. The average molecular weight is 262 g/mol. The molecule has 0 aliphatic heterocycles. The number of fused-ring (bicyclic) bond motifs is 1.